The SMILES string of the molecule is [2H]C([2H])([2H])Oc1ncc([N+](=O)[O-])c(N)c1Br. The van der Waals surface area contributed by atoms with Crippen LogP contribution >= 0.6 is 15.9 Å². The van der Waals surface area contributed by atoms with Crippen LogP contribution in [0.1, 0.15) is 4.11 Å². The number of rotatable bonds is 2. The maximum atomic E-state index is 10.5. The summed E-state index contributed by atoms with van der Waals surface area (Å²) in [6, 6.07) is 0. The number of halogens is 1. The first-order valence-electron chi connectivity index (χ1n) is 4.50. The smallest absolute Gasteiger partial charge is 0.311 e. The van der Waals surface area contributed by atoms with Crippen molar-refractivity contribution in [1.29, 1.82) is 0 Å². The predicted molar refractivity (Wildman–Crippen MR) is 49.6 cm³/mol. The Hall–Kier alpha value is -1.37. The van der Waals surface area contributed by atoms with Crippen molar-refractivity contribution >= 4 is 27.3 Å². The number of hydrogen-bond donors (Lipinski definition) is 1. The van der Waals surface area contributed by atoms with Gasteiger partial charge in [0, 0.05) is 0 Å². The minimum Gasteiger partial charge on any atom is -0.480 e. The summed E-state index contributed by atoms with van der Waals surface area (Å²) in [5.74, 6) is -0.317. The number of nitrogens with zero attached hydrogens (tertiary/aromatic N) is 2. The molecule has 13 heavy (non-hydrogen) atoms. The van der Waals surface area contributed by atoms with E-state index in [0.29, 0.717) is 0 Å². The Morgan fingerprint density at radius 1 is 1.92 bits per heavy atom. The molecule has 0 atom stereocenters. The third kappa shape index (κ3) is 1.69. The Morgan fingerprint density at radius 3 is 3.15 bits per heavy atom. The number of nitrogens with two attached hydrogens (primary N) is 1. The molecule has 1 aromatic rings. The predicted octanol–water partition coefficient (Wildman–Crippen LogP) is 1.34. The van der Waals surface area contributed by atoms with Gasteiger partial charge in [-0.05, 0) is 15.9 Å². The fourth-order valence-corrected chi connectivity index (χ4v) is 1.08. The monoisotopic (exact) mass is 250 g/mol. The molecule has 1 aromatic heterocycles. The fraction of sp³-hybridized carbons (Fsp3) is 0.167. The molecule has 0 aromatic carbocycles. The molecule has 0 saturated heterocycles. The number of nitro groups is 1. The highest BCUT2D eigenvalue weighted by Crippen LogP contribution is 2.34. The van der Waals surface area contributed by atoms with Gasteiger partial charge in [-0.3, -0.25) is 10.1 Å². The Balaban J connectivity index is 3.17. The molecule has 6 nitrogen and oxygen atoms in total. The van der Waals surface area contributed by atoms with E-state index in [9.17, 15) is 10.1 Å². The van der Waals surface area contributed by atoms with E-state index >= 15 is 0 Å². The van der Waals surface area contributed by atoms with Crippen molar-refractivity contribution in [2.24, 2.45) is 0 Å². The van der Waals surface area contributed by atoms with Gasteiger partial charge in [0.1, 0.15) is 16.4 Å². The largest absolute Gasteiger partial charge is 0.480 e. The van der Waals surface area contributed by atoms with Gasteiger partial charge in [0.15, 0.2) is 0 Å². The first-order valence-corrected chi connectivity index (χ1v) is 3.79. The lowest BCUT2D eigenvalue weighted by atomic mass is 10.3. The molecule has 0 aliphatic carbocycles. The van der Waals surface area contributed by atoms with E-state index in [1.54, 1.807) is 0 Å². The van der Waals surface area contributed by atoms with E-state index in [1.165, 1.54) is 0 Å². The van der Waals surface area contributed by atoms with Crippen molar-refractivity contribution in [2.75, 3.05) is 12.8 Å². The lowest BCUT2D eigenvalue weighted by molar-refractivity contribution is -0.384. The van der Waals surface area contributed by atoms with Crippen molar-refractivity contribution < 1.29 is 13.8 Å². The van der Waals surface area contributed by atoms with Crippen LogP contribution in [0.25, 0.3) is 0 Å². The van der Waals surface area contributed by atoms with Gasteiger partial charge >= 0.3 is 5.69 Å². The molecule has 1 rings (SSSR count). The molecule has 7 heteroatoms. The van der Waals surface area contributed by atoms with Gasteiger partial charge < -0.3 is 10.5 Å². The highest BCUT2D eigenvalue weighted by Gasteiger charge is 2.18. The normalized spacial score (nSPS) is 14.1. The molecule has 0 saturated carbocycles. The summed E-state index contributed by atoms with van der Waals surface area (Å²) < 4.78 is 25.0. The zero-order valence-corrected chi connectivity index (χ0v) is 7.74. The summed E-state index contributed by atoms with van der Waals surface area (Å²) in [5.41, 5.74) is 4.75. The second kappa shape index (κ2) is 3.56. The van der Waals surface area contributed by atoms with Gasteiger partial charge in [-0.25, -0.2) is 4.98 Å². The molecular weight excluding hydrogens is 242 g/mol. The third-order valence-corrected chi connectivity index (χ3v) is 2.06. The molecule has 0 spiro atoms. The second-order valence-electron chi connectivity index (χ2n) is 2.04. The van der Waals surface area contributed by atoms with E-state index in [4.69, 9.17) is 9.85 Å². The molecule has 0 bridgehead atoms. The topological polar surface area (TPSA) is 91.3 Å². The van der Waals surface area contributed by atoms with E-state index in [1.807, 2.05) is 0 Å². The van der Waals surface area contributed by atoms with Crippen molar-refractivity contribution in [3.63, 3.8) is 0 Å². The lowest BCUT2D eigenvalue weighted by Crippen LogP contribution is -2.00. The quantitative estimate of drug-likeness (QED) is 0.632. The molecule has 2 N–H and O–H groups in total. The molecule has 1 heterocycles. The Labute approximate surface area is 86.2 Å². The highest BCUT2D eigenvalue weighted by molar-refractivity contribution is 9.10. The van der Waals surface area contributed by atoms with Gasteiger partial charge in [0.05, 0.1) is 16.1 Å². The summed E-state index contributed by atoms with van der Waals surface area (Å²) in [6.07, 6.45) is 0.834. The minimum absolute atomic E-state index is 0.0576. The molecule has 0 radical (unpaired) electrons. The molecule has 70 valence electrons. The van der Waals surface area contributed by atoms with Crippen molar-refractivity contribution in [2.45, 2.75) is 0 Å². The molecule has 0 aliphatic heterocycles. The van der Waals surface area contributed by atoms with Crippen LogP contribution in [-0.2, 0) is 0 Å². The molecule has 0 aliphatic rings. The summed E-state index contributed by atoms with van der Waals surface area (Å²) in [7, 11) is -2.70. The van der Waals surface area contributed by atoms with Gasteiger partial charge in [0.25, 0.3) is 0 Å². The summed E-state index contributed by atoms with van der Waals surface area (Å²) >= 11 is 2.89. The number of pyridine rings is 1. The minimum atomic E-state index is -2.70. The number of anilines is 1. The van der Waals surface area contributed by atoms with E-state index in [2.05, 4.69) is 25.7 Å². The Morgan fingerprint density at radius 2 is 2.62 bits per heavy atom. The lowest BCUT2D eigenvalue weighted by Gasteiger charge is -2.03. The zero-order chi connectivity index (χ0) is 12.5. The van der Waals surface area contributed by atoms with Crippen LogP contribution in [0.5, 0.6) is 5.88 Å². The highest BCUT2D eigenvalue weighted by atomic mass is 79.9. The average molecular weight is 251 g/mol. The maximum Gasteiger partial charge on any atom is 0.311 e. The van der Waals surface area contributed by atoms with Crippen LogP contribution in [0.15, 0.2) is 10.7 Å². The van der Waals surface area contributed by atoms with Crippen LogP contribution in [0, 0.1) is 10.1 Å². The van der Waals surface area contributed by atoms with Crippen LogP contribution in [0.2, 0.25) is 0 Å². The molecular formula is C6H6BrN3O3. The number of nitrogen functional groups attached to an aromatic ring is 1. The van der Waals surface area contributed by atoms with Crippen LogP contribution in [0.4, 0.5) is 11.4 Å². The first kappa shape index (κ1) is 6.14. The van der Waals surface area contributed by atoms with E-state index in [0.717, 1.165) is 6.20 Å². The molecule has 0 fully saturated rings. The standard InChI is InChI=1S/C6H6BrN3O3/c1-13-6-4(7)5(8)3(2-9-6)10(11)12/h2H,1H3,(H2,8,9)/i1D3. The number of aromatic nitrogens is 1. The van der Waals surface area contributed by atoms with Crippen LogP contribution in [-0.4, -0.2) is 16.9 Å². The van der Waals surface area contributed by atoms with Crippen LogP contribution in [0.3, 0.4) is 0 Å². The fourth-order valence-electron chi connectivity index (χ4n) is 0.690. The summed E-state index contributed by atoms with van der Waals surface area (Å²) in [5, 5.41) is 10.5. The van der Waals surface area contributed by atoms with Crippen molar-refractivity contribution in [3.05, 3.63) is 20.8 Å². The number of hydrogen-bond acceptors (Lipinski definition) is 5. The molecule has 0 unspecified atom stereocenters. The second-order valence-corrected chi connectivity index (χ2v) is 2.83. The van der Waals surface area contributed by atoms with E-state index < -0.39 is 17.6 Å². The van der Waals surface area contributed by atoms with E-state index in [-0.39, 0.29) is 16.0 Å². The van der Waals surface area contributed by atoms with Crippen molar-refractivity contribution in [3.8, 4) is 5.88 Å². The zero-order valence-electron chi connectivity index (χ0n) is 9.15. The van der Waals surface area contributed by atoms with Gasteiger partial charge in [-0.15, -0.1) is 0 Å². The van der Waals surface area contributed by atoms with Crippen molar-refractivity contribution in [1.82, 2.24) is 4.98 Å². The summed E-state index contributed by atoms with van der Waals surface area (Å²) in [4.78, 5) is 13.2. The molecule has 0 amide bonds. The Bertz CT molecular complexity index is 437. The maximum absolute atomic E-state index is 10.5. The first-order chi connectivity index (χ1) is 7.22. The van der Waals surface area contributed by atoms with Gasteiger partial charge in [-0.2, -0.15) is 0 Å². The number of methoxy groups -OCH3 is 1. The van der Waals surface area contributed by atoms with Gasteiger partial charge in [-0.1, -0.05) is 0 Å². The Kier molecular flexibility index (Phi) is 1.68. The average Bonchev–Trinajstić information content (AvgIpc) is 2.10. The van der Waals surface area contributed by atoms with Gasteiger partial charge in [0.2, 0.25) is 5.88 Å². The number of ether oxygens (including phenoxy) is 1. The summed E-state index contributed by atoms with van der Waals surface area (Å²) in [6.45, 7) is 0. The van der Waals surface area contributed by atoms with Crippen LogP contribution < -0.4 is 10.5 Å². The third-order valence-electron chi connectivity index (χ3n) is 1.30.